The van der Waals surface area contributed by atoms with E-state index in [0.717, 1.165) is 5.56 Å². The van der Waals surface area contributed by atoms with Crippen LogP contribution in [0.4, 0.5) is 0 Å². The van der Waals surface area contributed by atoms with E-state index in [1.54, 1.807) is 0 Å². The fraction of sp³-hybridized carbons (Fsp3) is 0.519. The Balaban J connectivity index is 1.55. The van der Waals surface area contributed by atoms with Crippen molar-refractivity contribution in [3.05, 3.63) is 64.2 Å². The Morgan fingerprint density at radius 3 is 2.42 bits per heavy atom. The van der Waals surface area contributed by atoms with Gasteiger partial charge in [0, 0.05) is 6.42 Å². The molecule has 0 bridgehead atoms. The molecule has 3 fully saturated rings. The molecule has 9 nitrogen and oxygen atoms in total. The van der Waals surface area contributed by atoms with E-state index in [9.17, 15) is 30.8 Å². The highest BCUT2D eigenvalue weighted by molar-refractivity contribution is 5.52. The van der Waals surface area contributed by atoms with E-state index in [-0.39, 0.29) is 17.4 Å². The molecule has 0 unspecified atom stereocenters. The number of hydrogen-bond donors (Lipinski definition) is 5. The van der Waals surface area contributed by atoms with Gasteiger partial charge in [0.15, 0.2) is 0 Å². The molecule has 36 heavy (non-hydrogen) atoms. The van der Waals surface area contributed by atoms with Crippen LogP contribution in [0.15, 0.2) is 36.4 Å². The molecule has 2 heterocycles. The number of aliphatic hydroxyl groups is 5. The number of aliphatic hydroxyl groups excluding tert-OH is 4. The lowest BCUT2D eigenvalue weighted by atomic mass is 9.85. The first-order valence-corrected chi connectivity index (χ1v) is 12.3. The first-order valence-electron chi connectivity index (χ1n) is 12.3. The Kier molecular flexibility index (Phi) is 7.03. The van der Waals surface area contributed by atoms with Crippen LogP contribution in [0, 0.1) is 11.3 Å². The monoisotopic (exact) mass is 497 g/mol. The summed E-state index contributed by atoms with van der Waals surface area (Å²) in [7, 11) is 0. The molecule has 3 aliphatic rings. The zero-order chi connectivity index (χ0) is 25.4. The van der Waals surface area contributed by atoms with Gasteiger partial charge in [0.25, 0.3) is 0 Å². The van der Waals surface area contributed by atoms with Gasteiger partial charge in [-0.15, -0.1) is 0 Å². The summed E-state index contributed by atoms with van der Waals surface area (Å²) in [6.07, 6.45) is -3.69. The smallest absolute Gasteiger partial charge is 0.226 e. The van der Waals surface area contributed by atoms with E-state index in [4.69, 9.17) is 14.2 Å². The zero-order valence-corrected chi connectivity index (χ0v) is 19.8. The summed E-state index contributed by atoms with van der Waals surface area (Å²) in [5.41, 5.74) is 3.13. The van der Waals surface area contributed by atoms with E-state index in [2.05, 4.69) is 18.2 Å². The van der Waals surface area contributed by atoms with Gasteiger partial charge in [-0.25, -0.2) is 0 Å². The second-order valence-electron chi connectivity index (χ2n) is 9.87. The van der Waals surface area contributed by atoms with Gasteiger partial charge < -0.3 is 39.7 Å². The largest absolute Gasteiger partial charge is 0.487 e. The Morgan fingerprint density at radius 1 is 1.06 bits per heavy atom. The average molecular weight is 498 g/mol. The van der Waals surface area contributed by atoms with Crippen molar-refractivity contribution in [1.82, 2.24) is 0 Å². The van der Waals surface area contributed by atoms with Crippen molar-refractivity contribution >= 4 is 0 Å². The molecule has 0 spiro atoms. The maximum Gasteiger partial charge on any atom is 0.226 e. The van der Waals surface area contributed by atoms with E-state index in [0.29, 0.717) is 43.1 Å². The first-order chi connectivity index (χ1) is 17.3. The standard InChI is InChI=1S/C27H31NO8/c28-12-19-11-22(35-20-7-8-34-14-20)21(27(33)26(32)25(31)24(30)23(13-29)36-27)10-18(19)9-15-1-3-16(4-2-15)17-5-6-17/h1-4,10-11,17,20,23-26,29-33H,5-9,13-14H2/t20-,23-,24-,25+,26-,27-/m1/s1. The second-order valence-corrected chi connectivity index (χ2v) is 9.87. The molecule has 2 aromatic carbocycles. The van der Waals surface area contributed by atoms with Gasteiger partial charge in [-0.2, -0.15) is 5.26 Å². The van der Waals surface area contributed by atoms with Gasteiger partial charge in [-0.05, 0) is 54.0 Å². The molecule has 2 saturated heterocycles. The molecule has 5 rings (SSSR count). The lowest BCUT2D eigenvalue weighted by molar-refractivity contribution is -0.358. The first kappa shape index (κ1) is 25.1. The fourth-order valence-electron chi connectivity index (χ4n) is 4.96. The van der Waals surface area contributed by atoms with Crippen molar-refractivity contribution in [2.75, 3.05) is 19.8 Å². The number of hydrogen-bond acceptors (Lipinski definition) is 9. The van der Waals surface area contributed by atoms with Crippen LogP contribution in [0.5, 0.6) is 5.75 Å². The Labute approximate surface area is 209 Å². The zero-order valence-electron chi connectivity index (χ0n) is 19.8. The summed E-state index contributed by atoms with van der Waals surface area (Å²) in [5, 5.41) is 62.6. The third-order valence-corrected chi connectivity index (χ3v) is 7.28. The predicted octanol–water partition coefficient (Wildman–Crippen LogP) is 0.813. The molecule has 0 aromatic heterocycles. The third-order valence-electron chi connectivity index (χ3n) is 7.28. The molecule has 9 heteroatoms. The van der Waals surface area contributed by atoms with Crippen LogP contribution >= 0.6 is 0 Å². The van der Waals surface area contributed by atoms with Gasteiger partial charge in [0.05, 0.1) is 37.0 Å². The quantitative estimate of drug-likeness (QED) is 0.374. The number of nitrogens with zero attached hydrogens (tertiary/aromatic N) is 1. The summed E-state index contributed by atoms with van der Waals surface area (Å²) < 4.78 is 17.0. The van der Waals surface area contributed by atoms with E-state index < -0.39 is 36.8 Å². The number of nitriles is 1. The van der Waals surface area contributed by atoms with Crippen molar-refractivity contribution in [1.29, 1.82) is 5.26 Å². The van der Waals surface area contributed by atoms with Crippen LogP contribution in [-0.4, -0.2) is 75.9 Å². The summed E-state index contributed by atoms with van der Waals surface area (Å²) in [5.74, 6) is -1.80. The molecule has 6 atom stereocenters. The van der Waals surface area contributed by atoms with Gasteiger partial charge in [-0.1, -0.05) is 24.3 Å². The highest BCUT2D eigenvalue weighted by atomic mass is 16.7. The highest BCUT2D eigenvalue weighted by Gasteiger charge is 2.55. The van der Waals surface area contributed by atoms with Gasteiger partial charge in [-0.3, -0.25) is 0 Å². The summed E-state index contributed by atoms with van der Waals surface area (Å²) in [4.78, 5) is 0. The van der Waals surface area contributed by atoms with Crippen molar-refractivity contribution in [2.45, 2.75) is 67.9 Å². The van der Waals surface area contributed by atoms with Crippen LogP contribution in [0.2, 0.25) is 0 Å². The minimum absolute atomic E-state index is 0.00472. The van der Waals surface area contributed by atoms with Crippen LogP contribution in [0.3, 0.4) is 0 Å². The third kappa shape index (κ3) is 4.74. The van der Waals surface area contributed by atoms with Crippen LogP contribution in [-0.2, 0) is 21.7 Å². The minimum Gasteiger partial charge on any atom is -0.487 e. The van der Waals surface area contributed by atoms with Crippen molar-refractivity contribution in [3.63, 3.8) is 0 Å². The molecule has 0 radical (unpaired) electrons. The predicted molar refractivity (Wildman–Crippen MR) is 126 cm³/mol. The fourth-order valence-corrected chi connectivity index (χ4v) is 4.96. The lowest BCUT2D eigenvalue weighted by Gasteiger charge is -2.46. The van der Waals surface area contributed by atoms with E-state index in [1.807, 2.05) is 12.1 Å². The number of benzene rings is 2. The topological polar surface area (TPSA) is 153 Å². The Morgan fingerprint density at radius 2 is 1.81 bits per heavy atom. The molecule has 5 N–H and O–H groups in total. The van der Waals surface area contributed by atoms with Crippen molar-refractivity contribution < 1.29 is 39.7 Å². The molecule has 192 valence electrons. The van der Waals surface area contributed by atoms with Gasteiger partial charge in [0.1, 0.15) is 36.3 Å². The highest BCUT2D eigenvalue weighted by Crippen LogP contribution is 2.43. The molecular formula is C27H31NO8. The maximum absolute atomic E-state index is 11.6. The molecule has 1 saturated carbocycles. The molecule has 2 aromatic rings. The van der Waals surface area contributed by atoms with Crippen LogP contribution in [0.25, 0.3) is 0 Å². The van der Waals surface area contributed by atoms with E-state index >= 15 is 0 Å². The second kappa shape index (κ2) is 10.1. The summed E-state index contributed by atoms with van der Waals surface area (Å²) in [6, 6.07) is 13.4. The summed E-state index contributed by atoms with van der Waals surface area (Å²) >= 11 is 0. The van der Waals surface area contributed by atoms with Gasteiger partial charge >= 0.3 is 0 Å². The SMILES string of the molecule is N#Cc1cc(O[C@@H]2CCOC2)c([C@@]2(O)O[C@H](CO)[C@@H](O)[C@H](O)[C@H]2O)cc1Cc1ccc(C2CC2)cc1. The maximum atomic E-state index is 11.6. The molecule has 2 aliphatic heterocycles. The molecule has 0 amide bonds. The van der Waals surface area contributed by atoms with Crippen LogP contribution < -0.4 is 4.74 Å². The number of rotatable bonds is 7. The normalized spacial score (nSPS) is 32.3. The average Bonchev–Trinajstić information content (AvgIpc) is 3.62. The van der Waals surface area contributed by atoms with Crippen molar-refractivity contribution in [2.24, 2.45) is 0 Å². The van der Waals surface area contributed by atoms with E-state index in [1.165, 1.54) is 30.5 Å². The number of ether oxygens (including phenoxy) is 3. The molecular weight excluding hydrogens is 466 g/mol. The van der Waals surface area contributed by atoms with Crippen LogP contribution in [0.1, 0.15) is 53.0 Å². The lowest BCUT2D eigenvalue weighted by Crippen LogP contribution is -2.63. The molecule has 1 aliphatic carbocycles. The summed E-state index contributed by atoms with van der Waals surface area (Å²) in [6.45, 7) is 0.121. The van der Waals surface area contributed by atoms with Gasteiger partial charge in [0.2, 0.25) is 5.79 Å². The Hall–Kier alpha value is -2.55. The minimum atomic E-state index is -2.51. The Bertz CT molecular complexity index is 1120. The van der Waals surface area contributed by atoms with Crippen molar-refractivity contribution in [3.8, 4) is 11.8 Å².